The first-order chi connectivity index (χ1) is 35.6. The minimum absolute atomic E-state index is 0.0145. The molecular weight excluding hydrogens is 960 g/mol. The molecule has 0 spiro atoms. The molecule has 2 aliphatic carbocycles. The van der Waals surface area contributed by atoms with Gasteiger partial charge >= 0.3 is 6.18 Å². The molecule has 4 aliphatic rings. The molecule has 3 aromatic heterocycles. The standard InChI is InChI=1S/C53H70F3N11O7/c1-32(2)65(3)38-13-16-45(67-21-17-43(52(67)72)63-48-39-26-37(53(54,55)56)12-15-42(39)61-31-62-48)44(27-38)64-50(70)34-9-7-33(8-10-34)41-14-11-36(30-60-41)49(69)58-19-22-73-24-25-74-23-20-59-51(71)40-28-46(68)66(4)47(40)35-6-5-18-57-29-35/h5-6,11-12,14-15,18,26,29-34,38,40,43-45,47,49,58,69H,7-10,13,16-17,19-25,27-28H2,1-4H3,(H,59,71)(H,64,70)(H,61,62,63)/t33?,34?,38-,40+,43+,44-,45+,47-,49?/m1/s1. The molecule has 21 heteroatoms. The van der Waals surface area contributed by atoms with Crippen molar-refractivity contribution in [2.24, 2.45) is 11.8 Å². The quantitative estimate of drug-likeness (QED) is 0.0541. The van der Waals surface area contributed by atoms with Gasteiger partial charge in [0, 0.05) is 92.3 Å². The molecule has 0 radical (unpaired) electrons. The van der Waals surface area contributed by atoms with Crippen molar-refractivity contribution >= 4 is 40.3 Å². The first-order valence-corrected chi connectivity index (χ1v) is 25.9. The van der Waals surface area contributed by atoms with E-state index in [2.05, 4.69) is 62.0 Å². The monoisotopic (exact) mass is 1030 g/mol. The van der Waals surface area contributed by atoms with E-state index in [1.165, 1.54) is 12.4 Å². The Hall–Kier alpha value is -5.87. The molecule has 4 aromatic rings. The molecule has 1 unspecified atom stereocenters. The molecule has 2 saturated heterocycles. The second kappa shape index (κ2) is 24.7. The van der Waals surface area contributed by atoms with Gasteiger partial charge in [-0.25, -0.2) is 9.97 Å². The van der Waals surface area contributed by atoms with Crippen LogP contribution in [-0.2, 0) is 34.8 Å². The van der Waals surface area contributed by atoms with Crippen LogP contribution in [0.25, 0.3) is 10.9 Å². The second-order valence-corrected chi connectivity index (χ2v) is 20.4. The van der Waals surface area contributed by atoms with E-state index in [0.29, 0.717) is 95.3 Å². The summed E-state index contributed by atoms with van der Waals surface area (Å²) in [4.78, 5) is 76.6. The summed E-state index contributed by atoms with van der Waals surface area (Å²) < 4.78 is 52.1. The summed E-state index contributed by atoms with van der Waals surface area (Å²) in [7, 11) is 3.80. The number of benzene rings is 1. The van der Waals surface area contributed by atoms with Gasteiger partial charge in [-0.3, -0.25) is 34.5 Å². The fourth-order valence-electron chi connectivity index (χ4n) is 11.1. The van der Waals surface area contributed by atoms with Crippen LogP contribution in [0, 0.1) is 11.8 Å². The van der Waals surface area contributed by atoms with Crippen molar-refractivity contribution in [3.63, 3.8) is 0 Å². The number of alkyl halides is 3. The van der Waals surface area contributed by atoms with Gasteiger partial charge in [0.15, 0.2) is 0 Å². The average Bonchev–Trinajstić information content (AvgIpc) is 3.92. The Kier molecular flexibility index (Phi) is 18.1. The summed E-state index contributed by atoms with van der Waals surface area (Å²) in [6, 6.07) is 9.68. The number of aliphatic hydroxyl groups excluding tert-OH is 1. The van der Waals surface area contributed by atoms with Gasteiger partial charge in [0.05, 0.1) is 61.6 Å². The van der Waals surface area contributed by atoms with Gasteiger partial charge in [0.2, 0.25) is 23.6 Å². The molecule has 74 heavy (non-hydrogen) atoms. The van der Waals surface area contributed by atoms with Crippen molar-refractivity contribution in [1.29, 1.82) is 0 Å². The molecule has 7 atom stereocenters. The van der Waals surface area contributed by atoms with E-state index in [0.717, 1.165) is 42.7 Å². The summed E-state index contributed by atoms with van der Waals surface area (Å²) in [6.45, 7) is 6.71. The van der Waals surface area contributed by atoms with Crippen LogP contribution in [0.1, 0.15) is 112 Å². The number of hydrogen-bond acceptors (Lipinski definition) is 14. The predicted molar refractivity (Wildman–Crippen MR) is 269 cm³/mol. The van der Waals surface area contributed by atoms with Crippen molar-refractivity contribution in [1.82, 2.24) is 50.6 Å². The number of halogens is 3. The number of nitrogens with one attached hydrogen (secondary N) is 4. The lowest BCUT2D eigenvalue weighted by atomic mass is 9.79. The van der Waals surface area contributed by atoms with Gasteiger partial charge in [0.25, 0.3) is 0 Å². The number of pyridine rings is 2. The van der Waals surface area contributed by atoms with Crippen LogP contribution in [0.4, 0.5) is 19.0 Å². The number of aliphatic hydroxyl groups is 1. The zero-order valence-corrected chi connectivity index (χ0v) is 42.6. The van der Waals surface area contributed by atoms with Crippen molar-refractivity contribution in [2.75, 3.05) is 65.5 Å². The molecule has 0 bridgehead atoms. The summed E-state index contributed by atoms with van der Waals surface area (Å²) in [6.07, 6.45) is 6.54. The zero-order chi connectivity index (χ0) is 52.5. The number of amides is 4. The van der Waals surface area contributed by atoms with Crippen LogP contribution in [-0.4, -0.2) is 154 Å². The third-order valence-electron chi connectivity index (χ3n) is 15.5. The molecule has 2 aliphatic heterocycles. The summed E-state index contributed by atoms with van der Waals surface area (Å²) in [5, 5.41) is 23.5. The zero-order valence-electron chi connectivity index (χ0n) is 42.6. The maximum atomic E-state index is 14.1. The smallest absolute Gasteiger partial charge is 0.378 e. The predicted octanol–water partition coefficient (Wildman–Crippen LogP) is 5.12. The Labute approximate surface area is 429 Å². The Morgan fingerprint density at radius 2 is 1.68 bits per heavy atom. The highest BCUT2D eigenvalue weighted by Gasteiger charge is 2.45. The van der Waals surface area contributed by atoms with Crippen LogP contribution < -0.4 is 21.3 Å². The molecule has 400 valence electrons. The number of likely N-dealkylation sites (tertiary alicyclic amines) is 2. The molecule has 2 saturated carbocycles. The average molecular weight is 1030 g/mol. The van der Waals surface area contributed by atoms with E-state index in [4.69, 9.17) is 14.5 Å². The van der Waals surface area contributed by atoms with Crippen LogP contribution >= 0.6 is 0 Å². The molecule has 8 rings (SSSR count). The Bertz CT molecular complexity index is 2540. The first-order valence-electron chi connectivity index (χ1n) is 25.9. The third-order valence-corrected chi connectivity index (χ3v) is 15.5. The van der Waals surface area contributed by atoms with Gasteiger partial charge in [-0.1, -0.05) is 12.1 Å². The highest BCUT2D eigenvalue weighted by atomic mass is 19.4. The molecule has 1 aromatic carbocycles. The first kappa shape index (κ1) is 54.4. The fourth-order valence-corrected chi connectivity index (χ4v) is 11.1. The number of aromatic nitrogens is 4. The van der Waals surface area contributed by atoms with Gasteiger partial charge in [-0.2, -0.15) is 13.2 Å². The highest BCUT2D eigenvalue weighted by molar-refractivity contribution is 5.93. The maximum absolute atomic E-state index is 14.1. The van der Waals surface area contributed by atoms with Gasteiger partial charge in [-0.15, -0.1) is 0 Å². The minimum atomic E-state index is -4.55. The van der Waals surface area contributed by atoms with E-state index in [9.17, 15) is 37.5 Å². The lowest BCUT2D eigenvalue weighted by Gasteiger charge is -2.45. The van der Waals surface area contributed by atoms with Gasteiger partial charge in [-0.05, 0) is 108 Å². The van der Waals surface area contributed by atoms with Gasteiger partial charge < -0.3 is 45.2 Å². The largest absolute Gasteiger partial charge is 0.416 e. The number of hydrogen-bond donors (Lipinski definition) is 5. The van der Waals surface area contributed by atoms with E-state index >= 15 is 0 Å². The Morgan fingerprint density at radius 1 is 0.905 bits per heavy atom. The number of rotatable bonds is 21. The van der Waals surface area contributed by atoms with Crippen LogP contribution in [0.5, 0.6) is 0 Å². The summed E-state index contributed by atoms with van der Waals surface area (Å²) >= 11 is 0. The summed E-state index contributed by atoms with van der Waals surface area (Å²) in [5.74, 6) is -0.824. The number of ether oxygens (including phenoxy) is 2. The lowest BCUT2D eigenvalue weighted by Crippen LogP contribution is -2.59. The number of carbonyl (C=O) groups is 4. The SMILES string of the molecule is CC(C)N(C)[C@@H]1CC[C@H](N2CC[C@H](Nc3ncnc4ccc(C(F)(F)F)cc34)C2=O)[C@H](NC(=O)C2CCC(c3ccc(C(O)NCCOCCOCCNC(=O)[C@H]4CC(=O)N(C)[C@@H]4c4cccnc4)cn3)CC2)C1. The van der Waals surface area contributed by atoms with Crippen LogP contribution in [0.15, 0.2) is 67.4 Å². The Morgan fingerprint density at radius 3 is 2.38 bits per heavy atom. The molecule has 4 amide bonds. The van der Waals surface area contributed by atoms with E-state index < -0.39 is 29.9 Å². The van der Waals surface area contributed by atoms with Crippen LogP contribution in [0.2, 0.25) is 0 Å². The normalized spacial score (nSPS) is 25.0. The number of fused-ring (bicyclic) bond motifs is 1. The fraction of sp³-hybridized carbons (Fsp3) is 0.585. The molecule has 5 N–H and O–H groups in total. The van der Waals surface area contributed by atoms with Crippen molar-refractivity contribution in [3.8, 4) is 0 Å². The van der Waals surface area contributed by atoms with Crippen molar-refractivity contribution < 1.29 is 46.9 Å². The number of nitrogens with zero attached hydrogens (tertiary/aromatic N) is 7. The number of carbonyl (C=O) groups excluding carboxylic acids is 4. The molecule has 18 nitrogen and oxygen atoms in total. The van der Waals surface area contributed by atoms with Gasteiger partial charge in [0.1, 0.15) is 24.4 Å². The van der Waals surface area contributed by atoms with E-state index in [1.807, 2.05) is 23.1 Å². The number of anilines is 1. The van der Waals surface area contributed by atoms with E-state index in [-0.39, 0.29) is 77.3 Å². The third kappa shape index (κ3) is 13.1. The highest BCUT2D eigenvalue weighted by Crippen LogP contribution is 2.39. The van der Waals surface area contributed by atoms with Crippen molar-refractivity contribution in [2.45, 2.75) is 126 Å². The second-order valence-electron chi connectivity index (χ2n) is 20.4. The van der Waals surface area contributed by atoms with Crippen molar-refractivity contribution in [3.05, 3.63) is 89.8 Å². The molecule has 5 heterocycles. The topological polar surface area (TPSA) is 216 Å². The van der Waals surface area contributed by atoms with E-state index in [1.54, 1.807) is 36.6 Å². The lowest BCUT2D eigenvalue weighted by molar-refractivity contribution is -0.137. The maximum Gasteiger partial charge on any atom is 0.416 e. The molecular formula is C53H70F3N11O7. The minimum Gasteiger partial charge on any atom is -0.378 e. The summed E-state index contributed by atoms with van der Waals surface area (Å²) in [5.41, 5.74) is 1.87. The Balaban J connectivity index is 0.747. The molecule has 4 fully saturated rings. The van der Waals surface area contributed by atoms with Crippen LogP contribution in [0.3, 0.4) is 0 Å².